The normalized spacial score (nSPS) is 14.7. The van der Waals surface area contributed by atoms with E-state index in [2.05, 4.69) is 15.5 Å². The van der Waals surface area contributed by atoms with Crippen LogP contribution in [0.2, 0.25) is 0 Å². The van der Waals surface area contributed by atoms with Crippen LogP contribution in [0.15, 0.2) is 0 Å². The third-order valence-corrected chi connectivity index (χ3v) is 3.18. The lowest BCUT2D eigenvalue weighted by atomic mass is 10.0. The monoisotopic (exact) mass is 228 g/mol. The third kappa shape index (κ3) is 3.24. The average Bonchev–Trinajstić information content (AvgIpc) is 2.64. The Balaban J connectivity index is 2.58. The fraction of sp³-hybridized carbons (Fsp3) is 0.667. The predicted molar refractivity (Wildman–Crippen MR) is 60.7 cm³/mol. The summed E-state index contributed by atoms with van der Waals surface area (Å²) in [7, 11) is 0. The van der Waals surface area contributed by atoms with Gasteiger partial charge in [0, 0.05) is 6.04 Å². The summed E-state index contributed by atoms with van der Waals surface area (Å²) in [6.45, 7) is 5.60. The van der Waals surface area contributed by atoms with E-state index in [1.165, 1.54) is 11.3 Å². The van der Waals surface area contributed by atoms with Crippen LogP contribution >= 0.6 is 11.3 Å². The van der Waals surface area contributed by atoms with Crippen molar-refractivity contribution in [2.45, 2.75) is 33.2 Å². The molecule has 5 nitrogen and oxygen atoms in total. The maximum absolute atomic E-state index is 11.6. The van der Waals surface area contributed by atoms with Crippen molar-refractivity contribution >= 4 is 22.4 Å². The number of nitrogens with two attached hydrogens (primary N) is 1. The largest absolute Gasteiger partial charge is 0.327 e. The van der Waals surface area contributed by atoms with Crippen molar-refractivity contribution < 1.29 is 4.79 Å². The molecule has 15 heavy (non-hydrogen) atoms. The lowest BCUT2D eigenvalue weighted by Crippen LogP contribution is -2.34. The molecule has 84 valence electrons. The molecule has 0 aliphatic heterocycles. The van der Waals surface area contributed by atoms with Crippen molar-refractivity contribution in [1.82, 2.24) is 10.2 Å². The van der Waals surface area contributed by atoms with Gasteiger partial charge in [-0.1, -0.05) is 25.2 Å². The number of anilines is 1. The minimum absolute atomic E-state index is 0.108. The van der Waals surface area contributed by atoms with E-state index in [-0.39, 0.29) is 17.9 Å². The fourth-order valence-corrected chi connectivity index (χ4v) is 1.59. The van der Waals surface area contributed by atoms with E-state index in [9.17, 15) is 4.79 Å². The Morgan fingerprint density at radius 1 is 1.53 bits per heavy atom. The van der Waals surface area contributed by atoms with Crippen LogP contribution in [-0.4, -0.2) is 22.1 Å². The van der Waals surface area contributed by atoms with Crippen LogP contribution in [0.4, 0.5) is 5.13 Å². The summed E-state index contributed by atoms with van der Waals surface area (Å²) in [6, 6.07) is -0.163. The van der Waals surface area contributed by atoms with Crippen LogP contribution in [0.5, 0.6) is 0 Å². The summed E-state index contributed by atoms with van der Waals surface area (Å²) in [6.07, 6.45) is 0.830. The van der Waals surface area contributed by atoms with Gasteiger partial charge >= 0.3 is 0 Å². The summed E-state index contributed by atoms with van der Waals surface area (Å²) in [5.74, 6) is -0.331. The van der Waals surface area contributed by atoms with Gasteiger partial charge in [-0.2, -0.15) is 0 Å². The van der Waals surface area contributed by atoms with Crippen molar-refractivity contribution in [3.05, 3.63) is 5.01 Å². The maximum atomic E-state index is 11.6. The molecule has 0 aliphatic rings. The topological polar surface area (TPSA) is 80.9 Å². The number of rotatable bonds is 4. The molecule has 0 saturated heterocycles. The lowest BCUT2D eigenvalue weighted by Gasteiger charge is -2.13. The average molecular weight is 228 g/mol. The first kappa shape index (κ1) is 12.1. The Labute approximate surface area is 93.1 Å². The molecule has 2 atom stereocenters. The lowest BCUT2D eigenvalue weighted by molar-refractivity contribution is -0.119. The van der Waals surface area contributed by atoms with E-state index < -0.39 is 0 Å². The van der Waals surface area contributed by atoms with Gasteiger partial charge in [0.1, 0.15) is 5.01 Å². The first-order valence-electron chi connectivity index (χ1n) is 4.93. The highest BCUT2D eigenvalue weighted by Gasteiger charge is 2.18. The molecule has 0 radical (unpaired) electrons. The molecule has 6 heteroatoms. The second-order valence-electron chi connectivity index (χ2n) is 3.49. The Bertz CT molecular complexity index is 337. The van der Waals surface area contributed by atoms with Crippen LogP contribution < -0.4 is 11.1 Å². The maximum Gasteiger partial charge on any atom is 0.230 e. The van der Waals surface area contributed by atoms with Crippen molar-refractivity contribution in [2.75, 3.05) is 5.32 Å². The quantitative estimate of drug-likeness (QED) is 0.806. The van der Waals surface area contributed by atoms with Crippen molar-refractivity contribution in [1.29, 1.82) is 0 Å². The first-order valence-corrected chi connectivity index (χ1v) is 5.75. The molecular formula is C9H16N4OS. The molecule has 1 amide bonds. The molecule has 1 heterocycles. The van der Waals surface area contributed by atoms with Crippen LogP contribution in [0, 0.1) is 5.92 Å². The SMILES string of the molecule is CCc1nnc(NC(=O)[C@@H](C)[C@@H](C)N)s1. The highest BCUT2D eigenvalue weighted by atomic mass is 32.1. The van der Waals surface area contributed by atoms with Gasteiger partial charge in [-0.25, -0.2) is 0 Å². The van der Waals surface area contributed by atoms with E-state index in [4.69, 9.17) is 5.73 Å². The van der Waals surface area contributed by atoms with Crippen LogP contribution in [-0.2, 0) is 11.2 Å². The molecule has 1 rings (SSSR count). The second kappa shape index (κ2) is 5.18. The predicted octanol–water partition coefficient (Wildman–Crippen LogP) is 1.02. The van der Waals surface area contributed by atoms with Gasteiger partial charge in [0.05, 0.1) is 5.92 Å². The molecule has 0 fully saturated rings. The Kier molecular flexibility index (Phi) is 4.16. The highest BCUT2D eigenvalue weighted by molar-refractivity contribution is 7.15. The summed E-state index contributed by atoms with van der Waals surface area (Å²) in [5, 5.41) is 11.9. The van der Waals surface area contributed by atoms with Crippen molar-refractivity contribution in [2.24, 2.45) is 11.7 Å². The zero-order valence-corrected chi connectivity index (χ0v) is 9.97. The number of carbonyl (C=O) groups excluding carboxylic acids is 1. The first-order chi connectivity index (χ1) is 7.04. The minimum atomic E-state index is -0.223. The minimum Gasteiger partial charge on any atom is -0.327 e. The number of aryl methyl sites for hydroxylation is 1. The number of aromatic nitrogens is 2. The molecule has 0 unspecified atom stereocenters. The number of hydrogen-bond acceptors (Lipinski definition) is 5. The van der Waals surface area contributed by atoms with Gasteiger partial charge in [0.2, 0.25) is 11.0 Å². The second-order valence-corrected chi connectivity index (χ2v) is 4.55. The van der Waals surface area contributed by atoms with Crippen LogP contribution in [0.25, 0.3) is 0 Å². The van der Waals surface area contributed by atoms with Gasteiger partial charge < -0.3 is 11.1 Å². The molecule has 0 saturated carbocycles. The molecule has 3 N–H and O–H groups in total. The number of nitrogens with zero attached hydrogens (tertiary/aromatic N) is 2. The van der Waals surface area contributed by atoms with Gasteiger partial charge in [0.25, 0.3) is 0 Å². The number of amides is 1. The Hall–Kier alpha value is -1.01. The van der Waals surface area contributed by atoms with Gasteiger partial charge in [-0.3, -0.25) is 4.79 Å². The molecule has 0 spiro atoms. The third-order valence-electron chi connectivity index (χ3n) is 2.20. The molecule has 1 aromatic heterocycles. The molecule has 0 aromatic carbocycles. The summed E-state index contributed by atoms with van der Waals surface area (Å²) in [5.41, 5.74) is 5.63. The van der Waals surface area contributed by atoms with E-state index in [1.807, 2.05) is 13.8 Å². The van der Waals surface area contributed by atoms with E-state index in [0.29, 0.717) is 5.13 Å². The highest BCUT2D eigenvalue weighted by Crippen LogP contribution is 2.16. The van der Waals surface area contributed by atoms with Gasteiger partial charge in [-0.15, -0.1) is 10.2 Å². The smallest absolute Gasteiger partial charge is 0.230 e. The zero-order valence-electron chi connectivity index (χ0n) is 9.15. The Morgan fingerprint density at radius 2 is 2.20 bits per heavy atom. The van der Waals surface area contributed by atoms with Crippen LogP contribution in [0.1, 0.15) is 25.8 Å². The summed E-state index contributed by atoms with van der Waals surface area (Å²) < 4.78 is 0. The van der Waals surface area contributed by atoms with E-state index in [1.54, 1.807) is 6.92 Å². The van der Waals surface area contributed by atoms with Crippen molar-refractivity contribution in [3.8, 4) is 0 Å². The van der Waals surface area contributed by atoms with Gasteiger partial charge in [-0.05, 0) is 13.3 Å². The molecular weight excluding hydrogens is 212 g/mol. The fourth-order valence-electron chi connectivity index (χ4n) is 0.905. The molecule has 0 aliphatic carbocycles. The molecule has 0 bridgehead atoms. The number of carbonyl (C=O) groups is 1. The van der Waals surface area contributed by atoms with E-state index in [0.717, 1.165) is 11.4 Å². The van der Waals surface area contributed by atoms with E-state index >= 15 is 0 Å². The van der Waals surface area contributed by atoms with Gasteiger partial charge in [0.15, 0.2) is 0 Å². The summed E-state index contributed by atoms with van der Waals surface area (Å²) in [4.78, 5) is 11.6. The Morgan fingerprint density at radius 3 is 2.67 bits per heavy atom. The summed E-state index contributed by atoms with van der Waals surface area (Å²) >= 11 is 1.40. The van der Waals surface area contributed by atoms with Crippen molar-refractivity contribution in [3.63, 3.8) is 0 Å². The standard InChI is InChI=1S/C9H16N4OS/c1-4-7-12-13-9(15-7)11-8(14)5(2)6(3)10/h5-6H,4,10H2,1-3H3,(H,11,13,14)/t5-,6+/m0/s1. The van der Waals surface area contributed by atoms with Crippen LogP contribution in [0.3, 0.4) is 0 Å². The molecule has 1 aromatic rings. The number of hydrogen-bond donors (Lipinski definition) is 2. The number of nitrogens with one attached hydrogen (secondary N) is 1. The zero-order chi connectivity index (χ0) is 11.4.